The molecule has 0 radical (unpaired) electrons. The number of carbonyl (C=O) groups is 2. The molecule has 3 fully saturated rings. The first-order valence-electron chi connectivity index (χ1n) is 20.4. The molecule has 5 heterocycles. The number of H-pyrrole nitrogens is 2. The number of ether oxygens (including phenoxy) is 2. The van der Waals surface area contributed by atoms with Gasteiger partial charge in [0.15, 0.2) is 22.9 Å². The van der Waals surface area contributed by atoms with Gasteiger partial charge in [0, 0.05) is 45.1 Å². The van der Waals surface area contributed by atoms with E-state index in [1.54, 1.807) is 47.5 Å². The lowest BCUT2D eigenvalue weighted by atomic mass is 9.67. The highest BCUT2D eigenvalue weighted by molar-refractivity contribution is 6.00. The number of anilines is 6. The lowest BCUT2D eigenvalue weighted by Gasteiger charge is -2.38. The second-order valence-electron chi connectivity index (χ2n) is 16.3. The number of tetrazole rings is 1. The fourth-order valence-corrected chi connectivity index (χ4v) is 8.82. The van der Waals surface area contributed by atoms with Gasteiger partial charge >= 0.3 is 0 Å². The number of aromatic amines is 2. The van der Waals surface area contributed by atoms with Gasteiger partial charge in [-0.2, -0.15) is 0 Å². The van der Waals surface area contributed by atoms with E-state index in [0.717, 1.165) is 37.7 Å². The quantitative estimate of drug-likeness (QED) is 0.0927. The summed E-state index contributed by atoms with van der Waals surface area (Å²) in [5.41, 5.74) is 4.01. The van der Waals surface area contributed by atoms with Crippen LogP contribution in [-0.2, 0) is 30.7 Å². The number of nitrogens with zero attached hydrogens (tertiary/aromatic N) is 8. The minimum atomic E-state index is -0.288. The summed E-state index contributed by atoms with van der Waals surface area (Å²) in [6.45, 7) is 0. The Hall–Kier alpha value is -7.51. The molecule has 318 valence electrons. The smallest absolute Gasteiger partial charge is 0.277 e. The van der Waals surface area contributed by atoms with Crippen LogP contribution in [0.25, 0.3) is 33.5 Å². The molecule has 2 amide bonds. The Morgan fingerprint density at radius 1 is 0.742 bits per heavy atom. The maximum Gasteiger partial charge on any atom is 0.277 e. The lowest BCUT2D eigenvalue weighted by molar-refractivity contribution is -0.118. The topological polar surface area (TPSA) is 246 Å². The van der Waals surface area contributed by atoms with Gasteiger partial charge < -0.3 is 30.7 Å². The average molecular weight is 841 g/mol. The van der Waals surface area contributed by atoms with Crippen molar-refractivity contribution in [2.75, 3.05) is 35.5 Å². The van der Waals surface area contributed by atoms with Gasteiger partial charge in [-0.1, -0.05) is 12.1 Å². The minimum absolute atomic E-state index is 0.0108. The molecule has 0 bridgehead atoms. The monoisotopic (exact) mass is 840 g/mol. The molecule has 0 spiro atoms. The molecule has 4 atom stereocenters. The summed E-state index contributed by atoms with van der Waals surface area (Å²) in [4.78, 5) is 61.9. The van der Waals surface area contributed by atoms with Crippen LogP contribution in [-0.4, -0.2) is 75.8 Å². The third kappa shape index (κ3) is 6.76. The van der Waals surface area contributed by atoms with Crippen LogP contribution in [0.1, 0.15) is 43.6 Å². The van der Waals surface area contributed by atoms with Crippen molar-refractivity contribution in [3.63, 3.8) is 0 Å². The van der Waals surface area contributed by atoms with Crippen LogP contribution in [0, 0.1) is 23.7 Å². The fourth-order valence-electron chi connectivity index (χ4n) is 8.82. The molecule has 6 N–H and O–H groups in total. The van der Waals surface area contributed by atoms with Crippen molar-refractivity contribution in [2.24, 2.45) is 44.8 Å². The van der Waals surface area contributed by atoms with Crippen molar-refractivity contribution in [3.05, 3.63) is 74.8 Å². The molecule has 0 saturated heterocycles. The summed E-state index contributed by atoms with van der Waals surface area (Å²) >= 11 is 0. The van der Waals surface area contributed by atoms with E-state index in [-0.39, 0.29) is 46.6 Å². The molecule has 20 heteroatoms. The molecule has 3 saturated carbocycles. The highest BCUT2D eigenvalue weighted by Crippen LogP contribution is 2.58. The normalized spacial score (nSPS) is 19.2. The van der Waals surface area contributed by atoms with Gasteiger partial charge in [-0.3, -0.25) is 38.7 Å². The zero-order chi connectivity index (χ0) is 43.0. The number of fused-ring (bicyclic) bond motifs is 2. The number of pyridine rings is 2. The first-order valence-corrected chi connectivity index (χ1v) is 20.4. The number of nitrogens with one attached hydrogen (secondary N) is 6. The first kappa shape index (κ1) is 38.7. The molecular weight excluding hydrogens is 797 g/mol. The van der Waals surface area contributed by atoms with Crippen molar-refractivity contribution < 1.29 is 19.1 Å². The molecule has 4 unspecified atom stereocenters. The number of methoxy groups -OCH3 is 2. The van der Waals surface area contributed by atoms with E-state index in [0.29, 0.717) is 85.3 Å². The number of hydrogen-bond donors (Lipinski definition) is 6. The van der Waals surface area contributed by atoms with Crippen molar-refractivity contribution in [3.8, 4) is 22.9 Å². The fraction of sp³-hybridized carbons (Fsp3) is 0.357. The van der Waals surface area contributed by atoms with Crippen LogP contribution in [0.15, 0.2) is 58.1 Å². The lowest BCUT2D eigenvalue weighted by Crippen LogP contribution is -2.28. The predicted molar refractivity (Wildman–Crippen MR) is 230 cm³/mol. The largest absolute Gasteiger partial charge is 0.495 e. The highest BCUT2D eigenvalue weighted by Gasteiger charge is 2.53. The molecule has 3 aliphatic carbocycles. The Kier molecular flexibility index (Phi) is 9.29. The van der Waals surface area contributed by atoms with Crippen LogP contribution >= 0.6 is 0 Å². The Labute approximate surface area is 352 Å². The minimum Gasteiger partial charge on any atom is -0.495 e. The van der Waals surface area contributed by atoms with E-state index < -0.39 is 0 Å². The average Bonchev–Trinajstić information content (AvgIpc) is 4.15. The van der Waals surface area contributed by atoms with Gasteiger partial charge in [-0.25, -0.2) is 14.6 Å². The number of para-hydroxylation sites is 1. The number of amides is 2. The second-order valence-corrected chi connectivity index (χ2v) is 16.3. The van der Waals surface area contributed by atoms with Gasteiger partial charge in [0.05, 0.1) is 42.5 Å². The summed E-state index contributed by atoms with van der Waals surface area (Å²) in [5.74, 6) is 2.51. The summed E-state index contributed by atoms with van der Waals surface area (Å²) in [6, 6.07) is 14.8. The third-order valence-electron chi connectivity index (χ3n) is 12.4. The Bertz CT molecular complexity index is 3070. The van der Waals surface area contributed by atoms with Crippen molar-refractivity contribution in [2.45, 2.75) is 38.0 Å². The van der Waals surface area contributed by atoms with E-state index in [4.69, 9.17) is 9.47 Å². The molecule has 7 aromatic rings. The molecule has 2 aromatic carbocycles. The first-order chi connectivity index (χ1) is 30.0. The van der Waals surface area contributed by atoms with Crippen LogP contribution in [0.3, 0.4) is 0 Å². The predicted octanol–water partition coefficient (Wildman–Crippen LogP) is 4.65. The molecule has 10 rings (SSSR count). The summed E-state index contributed by atoms with van der Waals surface area (Å²) in [5, 5.41) is 31.1. The number of aryl methyl sites for hydroxylation is 3. The van der Waals surface area contributed by atoms with Crippen LogP contribution in [0.4, 0.5) is 34.4 Å². The van der Waals surface area contributed by atoms with Crippen molar-refractivity contribution in [1.29, 1.82) is 0 Å². The van der Waals surface area contributed by atoms with Gasteiger partial charge in [0.1, 0.15) is 28.2 Å². The van der Waals surface area contributed by atoms with Crippen molar-refractivity contribution in [1.82, 2.24) is 49.7 Å². The van der Waals surface area contributed by atoms with Crippen LogP contribution < -0.4 is 41.9 Å². The van der Waals surface area contributed by atoms with Crippen LogP contribution in [0.5, 0.6) is 11.5 Å². The van der Waals surface area contributed by atoms with E-state index >= 15 is 0 Å². The van der Waals surface area contributed by atoms with Gasteiger partial charge in [0.25, 0.3) is 11.1 Å². The molecule has 20 nitrogen and oxygen atoms in total. The zero-order valence-corrected chi connectivity index (χ0v) is 34.6. The standard InChI is InChI=1S/C42H44N14O6/c1-54-38(49-52-53-54)23-7-6-8-27(35(23)62-5)44-29-18-32(46-37-34(29)42(60)56(3)51-37)48-40(58)25-16-24(25)22-13-12-21(22)20-11-14-26(30(15-20)61-4)43-28-17-31(47-39(57)19-9-10-19)45-36-33(28)41(59)55(2)50-36/h6-8,11,14-15,17-19,21-22,24-25H,9-10,12-13,16H2,1-5H3,(H3,43,45,47,50,57)(H3,44,46,48,51,58). The number of aromatic nitrogens is 10. The van der Waals surface area contributed by atoms with E-state index in [9.17, 15) is 19.2 Å². The van der Waals surface area contributed by atoms with E-state index in [1.165, 1.54) is 14.0 Å². The Balaban J connectivity index is 0.856. The number of hydrogen-bond acceptors (Lipinski definition) is 13. The van der Waals surface area contributed by atoms with Crippen molar-refractivity contribution >= 4 is 68.3 Å². The third-order valence-corrected chi connectivity index (χ3v) is 12.4. The molecule has 5 aromatic heterocycles. The second kappa shape index (κ2) is 14.9. The van der Waals surface area contributed by atoms with E-state index in [1.807, 2.05) is 30.3 Å². The SMILES string of the molecule is COc1cc(C2CCC2C2CC2C(=O)Nc2cc(Nc3cccc(-c4nnnn4C)c3OC)c3c(=O)n(C)[nH]c3n2)ccc1Nc1cc(NC(=O)C2CC2)nc2[nH]n(C)c(=O)c12. The van der Waals surface area contributed by atoms with E-state index in [2.05, 4.69) is 63.0 Å². The number of rotatable bonds is 13. The van der Waals surface area contributed by atoms with Crippen LogP contribution in [0.2, 0.25) is 0 Å². The van der Waals surface area contributed by atoms with Gasteiger partial charge in [-0.15, -0.1) is 5.10 Å². The molecule has 3 aliphatic rings. The maximum absolute atomic E-state index is 13.8. The highest BCUT2D eigenvalue weighted by atomic mass is 16.5. The molecule has 62 heavy (non-hydrogen) atoms. The Morgan fingerprint density at radius 2 is 1.40 bits per heavy atom. The number of benzene rings is 2. The summed E-state index contributed by atoms with van der Waals surface area (Å²) in [7, 11) is 8.10. The summed E-state index contributed by atoms with van der Waals surface area (Å²) in [6.07, 6.45) is 4.44. The van der Waals surface area contributed by atoms with Gasteiger partial charge in [0.2, 0.25) is 11.8 Å². The Morgan fingerprint density at radius 3 is 1.98 bits per heavy atom. The zero-order valence-electron chi connectivity index (χ0n) is 34.6. The maximum atomic E-state index is 13.8. The number of carbonyl (C=O) groups excluding carboxylic acids is 2. The molecule has 0 aliphatic heterocycles. The van der Waals surface area contributed by atoms with Gasteiger partial charge in [-0.05, 0) is 90.1 Å². The molecular formula is C42H44N14O6. The summed E-state index contributed by atoms with van der Waals surface area (Å²) < 4.78 is 15.9.